The Morgan fingerprint density at radius 1 is 0.797 bits per heavy atom. The summed E-state index contributed by atoms with van der Waals surface area (Å²) in [6.07, 6.45) is 4.30. The zero-order chi connectivity index (χ0) is 45.0. The summed E-state index contributed by atoms with van der Waals surface area (Å²) in [5, 5.41) is 15.7. The molecule has 3 N–H and O–H groups in total. The second-order valence-corrected chi connectivity index (χ2v) is 19.1. The van der Waals surface area contributed by atoms with Gasteiger partial charge in [-0.3, -0.25) is 24.2 Å². The quantitative estimate of drug-likeness (QED) is 0.120. The van der Waals surface area contributed by atoms with Crippen molar-refractivity contribution in [2.75, 3.05) is 6.54 Å². The number of alkyl carbamates (subject to hydrolysis) is 1. The molecule has 8 atom stereocenters. The number of rotatable bonds is 12. The predicted octanol–water partition coefficient (Wildman–Crippen LogP) is 8.13. The lowest BCUT2D eigenvalue weighted by Gasteiger charge is -2.51. The van der Waals surface area contributed by atoms with Crippen molar-refractivity contribution < 1.29 is 38.5 Å². The number of carbonyl (C=O) groups excluding carboxylic acids is 4. The minimum Gasteiger partial charge on any atom is -0.445 e. The first-order valence-electron chi connectivity index (χ1n) is 22.9. The van der Waals surface area contributed by atoms with Gasteiger partial charge in [0.2, 0.25) is 11.8 Å². The smallest absolute Gasteiger partial charge is 0.408 e. The van der Waals surface area contributed by atoms with Crippen LogP contribution < -0.4 is 10.6 Å². The van der Waals surface area contributed by atoms with E-state index in [1.165, 1.54) is 17.7 Å². The molecule has 0 radical (unpaired) electrons. The van der Waals surface area contributed by atoms with Crippen molar-refractivity contribution in [1.29, 1.82) is 0 Å². The van der Waals surface area contributed by atoms with Gasteiger partial charge < -0.3 is 30.0 Å². The number of likely N-dealkylation sites (tertiary alicyclic amines) is 2. The van der Waals surface area contributed by atoms with Gasteiger partial charge in [0.15, 0.2) is 6.29 Å². The number of benzene rings is 4. The van der Waals surface area contributed by atoms with Gasteiger partial charge in [-0.2, -0.15) is 0 Å². The number of nitrogens with one attached hydrogen (secondary N) is 2. The molecule has 3 saturated heterocycles. The van der Waals surface area contributed by atoms with Gasteiger partial charge in [-0.25, -0.2) is 4.79 Å². The Morgan fingerprint density at radius 2 is 1.52 bits per heavy atom. The van der Waals surface area contributed by atoms with Crippen LogP contribution in [0.5, 0.6) is 0 Å². The number of ether oxygens (including phenoxy) is 3. The third kappa shape index (κ3) is 10.6. The van der Waals surface area contributed by atoms with Crippen LogP contribution in [0.3, 0.4) is 0 Å². The first-order valence-corrected chi connectivity index (χ1v) is 22.9. The summed E-state index contributed by atoms with van der Waals surface area (Å²) in [4.78, 5) is 56.7. The van der Waals surface area contributed by atoms with E-state index in [1.54, 1.807) is 0 Å². The average Bonchev–Trinajstić information content (AvgIpc) is 3.55. The van der Waals surface area contributed by atoms with E-state index in [1.807, 2.05) is 118 Å². The Balaban J connectivity index is 1.01. The van der Waals surface area contributed by atoms with E-state index in [0.29, 0.717) is 18.5 Å². The highest BCUT2D eigenvalue weighted by atomic mass is 16.7. The SMILES string of the molecule is C[C@@H]1[C@H](CN2[C@@H](C(=O)NC(C)(C)C)CC[C@H]3CCCC[C@H]32)O[C@H](c2cccc(-c3cccc(CN4C(=O)CC(NC(=O)OCc5ccccc5)C4=O)c3)c2)O[C@@H]1c1ccc(CO)cc1. The molecule has 3 aliphatic heterocycles. The monoisotopic (exact) mass is 870 g/mol. The highest BCUT2D eigenvalue weighted by Crippen LogP contribution is 2.45. The van der Waals surface area contributed by atoms with E-state index in [-0.39, 0.29) is 67.7 Å². The summed E-state index contributed by atoms with van der Waals surface area (Å²) in [5.74, 6) is -0.271. The zero-order valence-electron chi connectivity index (χ0n) is 37.4. The molecule has 338 valence electrons. The van der Waals surface area contributed by atoms with Crippen LogP contribution in [0, 0.1) is 11.8 Å². The zero-order valence-corrected chi connectivity index (χ0v) is 37.4. The molecule has 12 nitrogen and oxygen atoms in total. The van der Waals surface area contributed by atoms with Crippen LogP contribution in [0.4, 0.5) is 4.79 Å². The van der Waals surface area contributed by atoms with Gasteiger partial charge in [0.25, 0.3) is 5.91 Å². The summed E-state index contributed by atoms with van der Waals surface area (Å²) < 4.78 is 19.2. The van der Waals surface area contributed by atoms with Crippen molar-refractivity contribution in [3.05, 3.63) is 131 Å². The third-order valence-corrected chi connectivity index (χ3v) is 13.3. The number of imide groups is 1. The molecule has 1 saturated carbocycles. The van der Waals surface area contributed by atoms with E-state index in [0.717, 1.165) is 64.6 Å². The maximum Gasteiger partial charge on any atom is 0.408 e. The van der Waals surface area contributed by atoms with Gasteiger partial charge >= 0.3 is 6.09 Å². The molecule has 1 aliphatic carbocycles. The molecule has 0 aromatic heterocycles. The molecule has 3 heterocycles. The molecule has 0 bridgehead atoms. The van der Waals surface area contributed by atoms with Gasteiger partial charge in [0.05, 0.1) is 37.8 Å². The van der Waals surface area contributed by atoms with Crippen LogP contribution in [-0.2, 0) is 48.4 Å². The van der Waals surface area contributed by atoms with Gasteiger partial charge in [-0.05, 0) is 97.9 Å². The molecule has 1 unspecified atom stereocenters. The van der Waals surface area contributed by atoms with Crippen molar-refractivity contribution in [3.8, 4) is 11.1 Å². The molecule has 4 aromatic rings. The Kier molecular flexibility index (Phi) is 14.0. The first-order chi connectivity index (χ1) is 30.8. The van der Waals surface area contributed by atoms with Crippen molar-refractivity contribution in [2.24, 2.45) is 11.8 Å². The van der Waals surface area contributed by atoms with Gasteiger partial charge in [0.1, 0.15) is 12.6 Å². The third-order valence-electron chi connectivity index (χ3n) is 13.3. The maximum atomic E-state index is 14.0. The number of carbonyl (C=O) groups is 4. The van der Waals surface area contributed by atoms with Gasteiger partial charge in [-0.1, -0.05) is 111 Å². The van der Waals surface area contributed by atoms with Crippen LogP contribution >= 0.6 is 0 Å². The Bertz CT molecular complexity index is 2280. The molecule has 4 aliphatic rings. The Morgan fingerprint density at radius 3 is 2.27 bits per heavy atom. The largest absolute Gasteiger partial charge is 0.445 e. The summed E-state index contributed by atoms with van der Waals surface area (Å²) >= 11 is 0. The summed E-state index contributed by atoms with van der Waals surface area (Å²) in [6, 6.07) is 32.0. The van der Waals surface area contributed by atoms with Crippen LogP contribution in [0.1, 0.15) is 113 Å². The minimum absolute atomic E-state index is 0.0480. The predicted molar refractivity (Wildman–Crippen MR) is 242 cm³/mol. The molecule has 64 heavy (non-hydrogen) atoms. The summed E-state index contributed by atoms with van der Waals surface area (Å²) in [6.45, 7) is 8.92. The lowest BCUT2D eigenvalue weighted by Crippen LogP contribution is -2.61. The lowest BCUT2D eigenvalue weighted by molar-refractivity contribution is -0.278. The first kappa shape index (κ1) is 45.2. The number of hydrogen-bond donors (Lipinski definition) is 3. The second kappa shape index (κ2) is 19.8. The molecule has 0 spiro atoms. The molecular weight excluding hydrogens is 809 g/mol. The summed E-state index contributed by atoms with van der Waals surface area (Å²) in [7, 11) is 0. The highest BCUT2D eigenvalue weighted by Gasteiger charge is 2.46. The van der Waals surface area contributed by atoms with Crippen molar-refractivity contribution in [2.45, 2.75) is 135 Å². The Hall–Kier alpha value is -5.40. The van der Waals surface area contributed by atoms with Crippen LogP contribution in [-0.4, -0.2) is 75.0 Å². The van der Waals surface area contributed by atoms with Gasteiger partial charge in [-0.15, -0.1) is 0 Å². The number of aliphatic hydroxyl groups is 1. The summed E-state index contributed by atoms with van der Waals surface area (Å²) in [5.41, 5.74) is 5.68. The van der Waals surface area contributed by atoms with E-state index in [9.17, 15) is 24.3 Å². The molecule has 4 aromatic carbocycles. The number of aliphatic hydroxyl groups excluding tert-OH is 1. The van der Waals surface area contributed by atoms with Crippen molar-refractivity contribution >= 4 is 23.8 Å². The number of fused-ring (bicyclic) bond motifs is 1. The van der Waals surface area contributed by atoms with Crippen molar-refractivity contribution in [1.82, 2.24) is 20.4 Å². The second-order valence-electron chi connectivity index (χ2n) is 19.1. The van der Waals surface area contributed by atoms with Gasteiger partial charge in [0, 0.05) is 29.6 Å². The fourth-order valence-corrected chi connectivity index (χ4v) is 10.0. The number of amides is 4. The van der Waals surface area contributed by atoms with Crippen molar-refractivity contribution in [3.63, 3.8) is 0 Å². The number of piperidine rings is 1. The van der Waals surface area contributed by atoms with E-state index < -0.39 is 24.3 Å². The fraction of sp³-hybridized carbons (Fsp3) is 0.462. The average molecular weight is 871 g/mol. The standard InChI is InChI=1S/C52H62N4O8/c1-33-45(30-55-43-19-9-8-15-37(43)24-25-44(55)48(59)54-52(2,3)4)63-50(64-47(33)38-22-20-34(31-57)21-23-38)41-18-11-17-40(27-41)39-16-10-14-36(26-39)29-56-46(58)28-42(49(56)60)53-51(61)62-32-35-12-6-5-7-13-35/h5-7,10-14,16-18,20-23,26-27,33,37,42-45,47,50,57H,8-9,15,19,24-25,28-32H2,1-4H3,(H,53,61)(H,54,59)/t33-,37-,42?,43-,44-,45+,47+,50+/m1/s1. The molecular formula is C52H62N4O8. The Labute approximate surface area is 376 Å². The molecule has 8 rings (SSSR count). The minimum atomic E-state index is -1.00. The molecule has 12 heteroatoms. The topological polar surface area (TPSA) is 147 Å². The normalized spacial score (nSPS) is 26.3. The van der Waals surface area contributed by atoms with Crippen LogP contribution in [0.2, 0.25) is 0 Å². The maximum absolute atomic E-state index is 14.0. The number of hydrogen-bond acceptors (Lipinski definition) is 9. The number of nitrogens with zero attached hydrogens (tertiary/aromatic N) is 2. The van der Waals surface area contributed by atoms with Crippen LogP contribution in [0.15, 0.2) is 103 Å². The van der Waals surface area contributed by atoms with Crippen LogP contribution in [0.25, 0.3) is 11.1 Å². The van der Waals surface area contributed by atoms with E-state index in [4.69, 9.17) is 14.2 Å². The van der Waals surface area contributed by atoms with E-state index >= 15 is 0 Å². The van der Waals surface area contributed by atoms with E-state index in [2.05, 4.69) is 28.5 Å². The molecule has 4 fully saturated rings. The molecule has 4 amide bonds. The highest BCUT2D eigenvalue weighted by molar-refractivity contribution is 6.06. The lowest BCUT2D eigenvalue weighted by atomic mass is 9.75. The fourth-order valence-electron chi connectivity index (χ4n) is 10.0.